The van der Waals surface area contributed by atoms with Crippen molar-refractivity contribution < 1.29 is 14.3 Å². The number of esters is 1. The second-order valence-electron chi connectivity index (χ2n) is 6.56. The summed E-state index contributed by atoms with van der Waals surface area (Å²) < 4.78 is 6.69. The van der Waals surface area contributed by atoms with Gasteiger partial charge in [0.25, 0.3) is 0 Å². The summed E-state index contributed by atoms with van der Waals surface area (Å²) in [5, 5.41) is 10.5. The molecule has 2 aromatic rings. The van der Waals surface area contributed by atoms with E-state index in [1.807, 2.05) is 18.2 Å². The Labute approximate surface area is 179 Å². The van der Waals surface area contributed by atoms with Crippen LogP contribution in [0.2, 0.25) is 5.15 Å². The Balaban J connectivity index is 1.94. The Morgan fingerprint density at radius 2 is 2.03 bits per heavy atom. The third kappa shape index (κ3) is 4.44. The number of nitrogens with zero attached hydrogens (tertiary/aromatic N) is 3. The molecular formula is C21H22ClN5O3. The van der Waals surface area contributed by atoms with Gasteiger partial charge in [-0.05, 0) is 39.0 Å². The molecule has 2 N–H and O–H groups in total. The number of hydrogen-bond acceptors (Lipinski definition) is 6. The molecule has 0 bridgehead atoms. The van der Waals surface area contributed by atoms with E-state index in [1.54, 1.807) is 40.0 Å². The molecule has 8 nitrogen and oxygen atoms in total. The summed E-state index contributed by atoms with van der Waals surface area (Å²) in [5.41, 5.74) is 3.31. The van der Waals surface area contributed by atoms with Gasteiger partial charge in [-0.1, -0.05) is 23.7 Å². The average molecular weight is 428 g/mol. The van der Waals surface area contributed by atoms with Crippen molar-refractivity contribution in [2.45, 2.75) is 20.8 Å². The van der Waals surface area contributed by atoms with E-state index in [-0.39, 0.29) is 18.0 Å². The summed E-state index contributed by atoms with van der Waals surface area (Å²) in [6.07, 6.45) is 2.89. The summed E-state index contributed by atoms with van der Waals surface area (Å²) in [7, 11) is 1.72. The molecule has 156 valence electrons. The van der Waals surface area contributed by atoms with Crippen LogP contribution in [0, 0.1) is 6.92 Å². The first-order valence-corrected chi connectivity index (χ1v) is 9.70. The minimum absolute atomic E-state index is 0.104. The molecule has 30 heavy (non-hydrogen) atoms. The summed E-state index contributed by atoms with van der Waals surface area (Å²) in [5.74, 6) is -0.946. The highest BCUT2D eigenvalue weighted by molar-refractivity contribution is 6.31. The van der Waals surface area contributed by atoms with Gasteiger partial charge < -0.3 is 15.4 Å². The Kier molecular flexibility index (Phi) is 6.37. The van der Waals surface area contributed by atoms with E-state index in [0.29, 0.717) is 33.5 Å². The Bertz CT molecular complexity index is 1100. The number of carbonyl (C=O) groups is 2. The molecule has 3 rings (SSSR count). The molecule has 0 radical (unpaired) electrons. The van der Waals surface area contributed by atoms with Crippen LogP contribution in [0.15, 0.2) is 46.6 Å². The topological polar surface area (TPSA) is 97.6 Å². The number of anilines is 1. The highest BCUT2D eigenvalue weighted by atomic mass is 35.5. The van der Waals surface area contributed by atoms with Gasteiger partial charge in [0.15, 0.2) is 0 Å². The van der Waals surface area contributed by atoms with Crippen LogP contribution in [0.1, 0.15) is 25.1 Å². The summed E-state index contributed by atoms with van der Waals surface area (Å²) >= 11 is 6.20. The monoisotopic (exact) mass is 427 g/mol. The molecule has 0 unspecified atom stereocenters. The zero-order valence-corrected chi connectivity index (χ0v) is 17.9. The predicted molar refractivity (Wildman–Crippen MR) is 117 cm³/mol. The van der Waals surface area contributed by atoms with E-state index in [1.165, 1.54) is 10.8 Å². The van der Waals surface area contributed by atoms with Gasteiger partial charge in [0.1, 0.15) is 16.6 Å². The molecule has 1 aromatic heterocycles. The molecule has 9 heteroatoms. The molecular weight excluding hydrogens is 406 g/mol. The SMILES string of the molecule is CCOC(=O)C1=C(C)Nc2ccccc2N=C1NC(=O)/C=C/c1c(C)nn(C)c1Cl. The summed E-state index contributed by atoms with van der Waals surface area (Å²) in [6, 6.07) is 7.29. The van der Waals surface area contributed by atoms with Crippen molar-refractivity contribution in [1.82, 2.24) is 15.1 Å². The van der Waals surface area contributed by atoms with Gasteiger partial charge >= 0.3 is 5.97 Å². The third-order valence-electron chi connectivity index (χ3n) is 4.39. The van der Waals surface area contributed by atoms with Crippen LogP contribution in [-0.2, 0) is 21.4 Å². The smallest absolute Gasteiger partial charge is 0.343 e. The number of aromatic nitrogens is 2. The number of amides is 1. The maximum Gasteiger partial charge on any atom is 0.343 e. The summed E-state index contributed by atoms with van der Waals surface area (Å²) in [4.78, 5) is 29.7. The highest BCUT2D eigenvalue weighted by Gasteiger charge is 2.25. The van der Waals surface area contributed by atoms with E-state index >= 15 is 0 Å². The number of ether oxygens (including phenoxy) is 1. The van der Waals surface area contributed by atoms with Gasteiger partial charge in [-0.2, -0.15) is 5.10 Å². The number of aryl methyl sites for hydroxylation is 2. The lowest BCUT2D eigenvalue weighted by Crippen LogP contribution is -2.34. The van der Waals surface area contributed by atoms with Crippen LogP contribution >= 0.6 is 11.6 Å². The maximum atomic E-state index is 12.6. The number of hydrogen-bond donors (Lipinski definition) is 2. The molecule has 0 atom stereocenters. The summed E-state index contributed by atoms with van der Waals surface area (Å²) in [6.45, 7) is 5.43. The highest BCUT2D eigenvalue weighted by Crippen LogP contribution is 2.30. The fourth-order valence-electron chi connectivity index (χ4n) is 2.99. The number of carbonyl (C=O) groups excluding carboxylic acids is 2. The van der Waals surface area contributed by atoms with Gasteiger partial charge in [0.2, 0.25) is 5.91 Å². The van der Waals surface area contributed by atoms with Crippen molar-refractivity contribution in [1.29, 1.82) is 0 Å². The molecule has 0 spiro atoms. The average Bonchev–Trinajstić information content (AvgIpc) is 2.84. The van der Waals surface area contributed by atoms with Crippen molar-refractivity contribution in [2.24, 2.45) is 12.0 Å². The van der Waals surface area contributed by atoms with E-state index in [2.05, 4.69) is 20.7 Å². The van der Waals surface area contributed by atoms with Crippen molar-refractivity contribution >= 4 is 46.8 Å². The number of nitrogens with one attached hydrogen (secondary N) is 2. The van der Waals surface area contributed by atoms with Gasteiger partial charge in [-0.25, -0.2) is 9.79 Å². The van der Waals surface area contributed by atoms with E-state index in [9.17, 15) is 9.59 Å². The van der Waals surface area contributed by atoms with Crippen LogP contribution in [0.5, 0.6) is 0 Å². The first-order valence-electron chi connectivity index (χ1n) is 9.33. The third-order valence-corrected chi connectivity index (χ3v) is 4.84. The van der Waals surface area contributed by atoms with Crippen LogP contribution in [0.3, 0.4) is 0 Å². The lowest BCUT2D eigenvalue weighted by molar-refractivity contribution is -0.137. The minimum atomic E-state index is -0.579. The number of benzene rings is 1. The lowest BCUT2D eigenvalue weighted by Gasteiger charge is -2.12. The van der Waals surface area contributed by atoms with Crippen LogP contribution in [0.25, 0.3) is 6.08 Å². The number of fused-ring (bicyclic) bond motifs is 1. The molecule has 2 heterocycles. The Hall–Kier alpha value is -3.39. The van der Waals surface area contributed by atoms with Crippen LogP contribution in [0.4, 0.5) is 11.4 Å². The fourth-order valence-corrected chi connectivity index (χ4v) is 3.23. The van der Waals surface area contributed by atoms with Gasteiger partial charge in [0.05, 0.1) is 23.7 Å². The number of amidine groups is 1. The first kappa shape index (κ1) is 21.3. The second-order valence-corrected chi connectivity index (χ2v) is 6.92. The van der Waals surface area contributed by atoms with Crippen molar-refractivity contribution in [3.8, 4) is 0 Å². The van der Waals surface area contributed by atoms with Crippen LogP contribution < -0.4 is 10.6 Å². The molecule has 1 amide bonds. The number of halogens is 1. The maximum absolute atomic E-state index is 12.6. The lowest BCUT2D eigenvalue weighted by atomic mass is 10.2. The number of allylic oxidation sites excluding steroid dienone is 1. The Morgan fingerprint density at radius 3 is 2.70 bits per heavy atom. The second kappa shape index (κ2) is 8.96. The van der Waals surface area contributed by atoms with E-state index in [4.69, 9.17) is 16.3 Å². The molecule has 1 aliphatic heterocycles. The van der Waals surface area contributed by atoms with Crippen molar-refractivity contribution in [3.63, 3.8) is 0 Å². The van der Waals surface area contributed by atoms with Gasteiger partial charge in [-0.15, -0.1) is 0 Å². The van der Waals surface area contributed by atoms with E-state index in [0.717, 1.165) is 0 Å². The quantitative estimate of drug-likeness (QED) is 0.574. The number of rotatable bonds is 4. The van der Waals surface area contributed by atoms with Crippen molar-refractivity contribution in [2.75, 3.05) is 11.9 Å². The first-order chi connectivity index (χ1) is 14.3. The standard InChI is InChI=1S/C21H22ClN5O3/c1-5-30-21(29)18-13(3)23-15-8-6-7-9-16(15)24-20(18)25-17(28)11-10-14-12(2)26-27(4)19(14)22/h6-11,23H,5H2,1-4H3,(H,24,25,28)/b11-10+. The molecule has 0 fully saturated rings. The van der Waals surface area contributed by atoms with Crippen LogP contribution in [-0.4, -0.2) is 34.1 Å². The van der Waals surface area contributed by atoms with Crippen molar-refractivity contribution in [3.05, 3.63) is 58.0 Å². The molecule has 1 aliphatic rings. The fraction of sp³-hybridized carbons (Fsp3) is 0.238. The Morgan fingerprint density at radius 1 is 1.30 bits per heavy atom. The normalized spacial score (nSPS) is 13.4. The molecule has 0 aliphatic carbocycles. The van der Waals surface area contributed by atoms with Gasteiger partial charge in [-0.3, -0.25) is 9.48 Å². The molecule has 0 saturated carbocycles. The number of para-hydroxylation sites is 2. The van der Waals surface area contributed by atoms with Gasteiger partial charge in [0, 0.05) is 24.4 Å². The zero-order chi connectivity index (χ0) is 21.8. The number of aliphatic imine (C=N–C) groups is 1. The molecule has 1 aromatic carbocycles. The molecule has 0 saturated heterocycles. The minimum Gasteiger partial charge on any atom is -0.462 e. The zero-order valence-electron chi connectivity index (χ0n) is 17.1. The predicted octanol–water partition coefficient (Wildman–Crippen LogP) is 3.50. The largest absolute Gasteiger partial charge is 0.462 e. The van der Waals surface area contributed by atoms with E-state index < -0.39 is 11.9 Å².